The molecule has 1 aliphatic heterocycles. The molecule has 2 heterocycles. The lowest BCUT2D eigenvalue weighted by Crippen LogP contribution is -2.31. The maximum absolute atomic E-state index is 4.75. The summed E-state index contributed by atoms with van der Waals surface area (Å²) in [6.45, 7) is 5.18. The topological polar surface area (TPSA) is 41.1 Å². The minimum atomic E-state index is 0.689. The molecule has 0 radical (unpaired) electrons. The Balaban J connectivity index is 1.63. The van der Waals surface area contributed by atoms with Gasteiger partial charge in [0.25, 0.3) is 0 Å². The summed E-state index contributed by atoms with van der Waals surface area (Å²) in [6, 6.07) is 2.81. The van der Waals surface area contributed by atoms with Crippen LogP contribution in [0.3, 0.4) is 0 Å². The molecule has 3 rings (SSSR count). The van der Waals surface area contributed by atoms with E-state index < -0.39 is 0 Å². The SMILES string of the molecule is Cc1cc(CNC2CCCCC2)nc(N2CCCC2)n1. The third-order valence-electron chi connectivity index (χ3n) is 4.46. The van der Waals surface area contributed by atoms with Gasteiger partial charge in [0.05, 0.1) is 5.69 Å². The Bertz CT molecular complexity index is 434. The number of rotatable bonds is 4. The van der Waals surface area contributed by atoms with Crippen molar-refractivity contribution in [1.82, 2.24) is 15.3 Å². The Morgan fingerprint density at radius 1 is 1.10 bits per heavy atom. The fourth-order valence-corrected chi connectivity index (χ4v) is 3.32. The molecular weight excluding hydrogens is 248 g/mol. The van der Waals surface area contributed by atoms with Crippen molar-refractivity contribution in [2.45, 2.75) is 64.5 Å². The van der Waals surface area contributed by atoms with Crippen molar-refractivity contribution in [1.29, 1.82) is 0 Å². The number of aromatic nitrogens is 2. The molecule has 4 heteroatoms. The van der Waals surface area contributed by atoms with Crippen molar-refractivity contribution in [3.8, 4) is 0 Å². The van der Waals surface area contributed by atoms with E-state index in [0.717, 1.165) is 37.0 Å². The van der Waals surface area contributed by atoms with E-state index in [1.165, 1.54) is 44.9 Å². The smallest absolute Gasteiger partial charge is 0.225 e. The summed E-state index contributed by atoms with van der Waals surface area (Å²) in [5.74, 6) is 0.933. The Hall–Kier alpha value is -1.16. The molecular formula is C16H26N4. The molecule has 1 saturated carbocycles. The van der Waals surface area contributed by atoms with E-state index in [1.54, 1.807) is 0 Å². The lowest BCUT2D eigenvalue weighted by molar-refractivity contribution is 0.371. The maximum Gasteiger partial charge on any atom is 0.225 e. The predicted octanol–water partition coefficient (Wildman–Crippen LogP) is 2.81. The zero-order chi connectivity index (χ0) is 13.8. The molecule has 1 saturated heterocycles. The van der Waals surface area contributed by atoms with Gasteiger partial charge in [0.15, 0.2) is 0 Å². The summed E-state index contributed by atoms with van der Waals surface area (Å²) in [6.07, 6.45) is 9.34. The van der Waals surface area contributed by atoms with Crippen LogP contribution in [0.25, 0.3) is 0 Å². The maximum atomic E-state index is 4.75. The normalized spacial score (nSPS) is 20.6. The summed E-state index contributed by atoms with van der Waals surface area (Å²) in [7, 11) is 0. The van der Waals surface area contributed by atoms with Gasteiger partial charge in [-0.1, -0.05) is 19.3 Å². The molecule has 4 nitrogen and oxygen atoms in total. The van der Waals surface area contributed by atoms with Gasteiger partial charge in [-0.2, -0.15) is 0 Å². The minimum absolute atomic E-state index is 0.689. The van der Waals surface area contributed by atoms with Crippen LogP contribution in [0.1, 0.15) is 56.3 Å². The van der Waals surface area contributed by atoms with Crippen molar-refractivity contribution >= 4 is 5.95 Å². The second-order valence-corrected chi connectivity index (χ2v) is 6.21. The number of hydrogen-bond acceptors (Lipinski definition) is 4. The summed E-state index contributed by atoms with van der Waals surface area (Å²) in [4.78, 5) is 11.7. The standard InChI is InChI=1S/C16H26N4/c1-13-11-15(12-17-14-7-3-2-4-8-14)19-16(18-13)20-9-5-6-10-20/h11,14,17H,2-10,12H2,1H3. The first-order valence-corrected chi connectivity index (χ1v) is 8.14. The number of nitrogens with zero attached hydrogens (tertiary/aromatic N) is 3. The van der Waals surface area contributed by atoms with Crippen molar-refractivity contribution < 1.29 is 0 Å². The van der Waals surface area contributed by atoms with E-state index in [2.05, 4.69) is 28.2 Å². The highest BCUT2D eigenvalue weighted by molar-refractivity contribution is 5.33. The minimum Gasteiger partial charge on any atom is -0.341 e. The van der Waals surface area contributed by atoms with Gasteiger partial charge in [0, 0.05) is 31.4 Å². The number of anilines is 1. The van der Waals surface area contributed by atoms with Crippen molar-refractivity contribution in [3.05, 3.63) is 17.5 Å². The van der Waals surface area contributed by atoms with Gasteiger partial charge < -0.3 is 10.2 Å². The van der Waals surface area contributed by atoms with E-state index in [4.69, 9.17) is 4.98 Å². The van der Waals surface area contributed by atoms with Crippen molar-refractivity contribution in [3.63, 3.8) is 0 Å². The van der Waals surface area contributed by atoms with Crippen LogP contribution in [0.2, 0.25) is 0 Å². The summed E-state index contributed by atoms with van der Waals surface area (Å²) < 4.78 is 0. The van der Waals surface area contributed by atoms with Crippen LogP contribution in [0, 0.1) is 6.92 Å². The Morgan fingerprint density at radius 3 is 2.60 bits per heavy atom. The van der Waals surface area contributed by atoms with Crippen molar-refractivity contribution in [2.24, 2.45) is 0 Å². The molecule has 20 heavy (non-hydrogen) atoms. The van der Waals surface area contributed by atoms with Gasteiger partial charge >= 0.3 is 0 Å². The van der Waals surface area contributed by atoms with E-state index in [9.17, 15) is 0 Å². The molecule has 2 aliphatic rings. The quantitative estimate of drug-likeness (QED) is 0.916. The number of aryl methyl sites for hydroxylation is 1. The Labute approximate surface area is 122 Å². The monoisotopic (exact) mass is 274 g/mol. The average molecular weight is 274 g/mol. The lowest BCUT2D eigenvalue weighted by atomic mass is 9.95. The summed E-state index contributed by atoms with van der Waals surface area (Å²) in [5, 5.41) is 3.67. The van der Waals surface area contributed by atoms with Crippen LogP contribution >= 0.6 is 0 Å². The fraction of sp³-hybridized carbons (Fsp3) is 0.750. The van der Waals surface area contributed by atoms with Gasteiger partial charge in [-0.15, -0.1) is 0 Å². The van der Waals surface area contributed by atoms with Crippen LogP contribution in [-0.2, 0) is 6.54 Å². The van der Waals surface area contributed by atoms with Gasteiger partial charge in [-0.05, 0) is 38.7 Å². The predicted molar refractivity (Wildman–Crippen MR) is 81.9 cm³/mol. The van der Waals surface area contributed by atoms with Crippen LogP contribution in [0.5, 0.6) is 0 Å². The highest BCUT2D eigenvalue weighted by Crippen LogP contribution is 2.19. The molecule has 110 valence electrons. The van der Waals surface area contributed by atoms with Gasteiger partial charge in [0.1, 0.15) is 0 Å². The van der Waals surface area contributed by atoms with Gasteiger partial charge in [-0.3, -0.25) is 0 Å². The Morgan fingerprint density at radius 2 is 1.85 bits per heavy atom. The Kier molecular flexibility index (Phi) is 4.51. The molecule has 0 amide bonds. The molecule has 0 spiro atoms. The average Bonchev–Trinajstić information content (AvgIpc) is 3.00. The van der Waals surface area contributed by atoms with Crippen LogP contribution in [0.15, 0.2) is 6.07 Å². The third kappa shape index (κ3) is 3.48. The number of nitrogens with one attached hydrogen (secondary N) is 1. The van der Waals surface area contributed by atoms with Gasteiger partial charge in [-0.25, -0.2) is 9.97 Å². The highest BCUT2D eigenvalue weighted by Gasteiger charge is 2.17. The highest BCUT2D eigenvalue weighted by atomic mass is 15.3. The fourth-order valence-electron chi connectivity index (χ4n) is 3.32. The summed E-state index contributed by atoms with van der Waals surface area (Å²) >= 11 is 0. The zero-order valence-electron chi connectivity index (χ0n) is 12.6. The van der Waals surface area contributed by atoms with E-state index in [1.807, 2.05) is 0 Å². The molecule has 1 N–H and O–H groups in total. The first kappa shape index (κ1) is 13.8. The van der Waals surface area contributed by atoms with Crippen LogP contribution < -0.4 is 10.2 Å². The largest absolute Gasteiger partial charge is 0.341 e. The molecule has 0 atom stereocenters. The lowest BCUT2D eigenvalue weighted by Gasteiger charge is -2.23. The summed E-state index contributed by atoms with van der Waals surface area (Å²) in [5.41, 5.74) is 2.23. The molecule has 1 aliphatic carbocycles. The molecule has 1 aromatic rings. The second kappa shape index (κ2) is 6.53. The number of hydrogen-bond donors (Lipinski definition) is 1. The van der Waals surface area contributed by atoms with Crippen LogP contribution in [-0.4, -0.2) is 29.1 Å². The van der Waals surface area contributed by atoms with Crippen molar-refractivity contribution in [2.75, 3.05) is 18.0 Å². The van der Waals surface area contributed by atoms with E-state index in [0.29, 0.717) is 6.04 Å². The zero-order valence-corrected chi connectivity index (χ0v) is 12.6. The first-order valence-electron chi connectivity index (χ1n) is 8.14. The molecule has 0 aromatic carbocycles. The van der Waals surface area contributed by atoms with E-state index >= 15 is 0 Å². The molecule has 0 bridgehead atoms. The first-order chi connectivity index (χ1) is 9.81. The molecule has 2 fully saturated rings. The third-order valence-corrected chi connectivity index (χ3v) is 4.46. The molecule has 1 aromatic heterocycles. The molecule has 0 unspecified atom stereocenters. The second-order valence-electron chi connectivity index (χ2n) is 6.21. The van der Waals surface area contributed by atoms with E-state index in [-0.39, 0.29) is 0 Å². The van der Waals surface area contributed by atoms with Gasteiger partial charge in [0.2, 0.25) is 5.95 Å². The van der Waals surface area contributed by atoms with Crippen LogP contribution in [0.4, 0.5) is 5.95 Å².